The zero-order chi connectivity index (χ0) is 10.1. The molecule has 0 spiro atoms. The normalized spacial score (nSPS) is 28.5. The minimum Gasteiger partial charge on any atom is -0.448 e. The highest BCUT2D eigenvalue weighted by Gasteiger charge is 2.27. The second kappa shape index (κ2) is 3.71. The molecule has 1 aliphatic rings. The summed E-state index contributed by atoms with van der Waals surface area (Å²) in [6, 6.07) is 0.308. The van der Waals surface area contributed by atoms with Crippen LogP contribution in [0.15, 0.2) is 10.8 Å². The Balaban J connectivity index is 1.97. The molecule has 78 valence electrons. The van der Waals surface area contributed by atoms with Crippen molar-refractivity contribution in [3.63, 3.8) is 0 Å². The highest BCUT2D eigenvalue weighted by Crippen LogP contribution is 2.17. The van der Waals surface area contributed by atoms with Gasteiger partial charge in [-0.05, 0) is 12.8 Å². The van der Waals surface area contributed by atoms with Gasteiger partial charge in [0, 0.05) is 25.7 Å². The molecule has 0 radical (unpaired) electrons. The Morgan fingerprint density at radius 3 is 2.93 bits per heavy atom. The lowest BCUT2D eigenvalue weighted by Gasteiger charge is -2.13. The predicted molar refractivity (Wildman–Crippen MR) is 53.7 cm³/mol. The molecular formula is C10H17N3O. The Morgan fingerprint density at radius 2 is 2.43 bits per heavy atom. The molecule has 1 aliphatic heterocycles. The molecule has 1 saturated heterocycles. The van der Waals surface area contributed by atoms with E-state index in [1.165, 1.54) is 6.39 Å². The van der Waals surface area contributed by atoms with Gasteiger partial charge in [-0.25, -0.2) is 4.98 Å². The maximum Gasteiger partial charge on any atom is 0.181 e. The van der Waals surface area contributed by atoms with Crippen LogP contribution in [-0.4, -0.2) is 29.0 Å². The first-order chi connectivity index (χ1) is 6.66. The molecule has 2 N–H and O–H groups in total. The van der Waals surface area contributed by atoms with Gasteiger partial charge in [-0.1, -0.05) is 6.92 Å². The lowest BCUT2D eigenvalue weighted by molar-refractivity contribution is 0.313. The van der Waals surface area contributed by atoms with Crippen LogP contribution in [0.2, 0.25) is 0 Å². The average molecular weight is 195 g/mol. The number of aromatic nitrogens is 1. The highest BCUT2D eigenvalue weighted by atomic mass is 16.3. The maximum atomic E-state index is 5.95. The van der Waals surface area contributed by atoms with E-state index in [1.54, 1.807) is 0 Å². The van der Waals surface area contributed by atoms with Crippen molar-refractivity contribution in [2.24, 2.45) is 11.7 Å². The quantitative estimate of drug-likeness (QED) is 0.757. The summed E-state index contributed by atoms with van der Waals surface area (Å²) in [5.41, 5.74) is 6.98. The summed E-state index contributed by atoms with van der Waals surface area (Å²) < 4.78 is 5.16. The fourth-order valence-corrected chi connectivity index (χ4v) is 1.92. The summed E-state index contributed by atoms with van der Waals surface area (Å²) in [4.78, 5) is 6.51. The maximum absolute atomic E-state index is 5.95. The third-order valence-corrected chi connectivity index (χ3v) is 2.96. The Hall–Kier alpha value is -0.870. The number of nitrogens with zero attached hydrogens (tertiary/aromatic N) is 2. The van der Waals surface area contributed by atoms with Crippen molar-refractivity contribution in [2.45, 2.75) is 26.4 Å². The van der Waals surface area contributed by atoms with Crippen LogP contribution in [0.4, 0.5) is 0 Å². The van der Waals surface area contributed by atoms with Gasteiger partial charge in [-0.15, -0.1) is 0 Å². The van der Waals surface area contributed by atoms with Crippen LogP contribution >= 0.6 is 0 Å². The van der Waals surface area contributed by atoms with Crippen LogP contribution in [0, 0.1) is 12.8 Å². The summed E-state index contributed by atoms with van der Waals surface area (Å²) >= 11 is 0. The van der Waals surface area contributed by atoms with Gasteiger partial charge in [0.1, 0.15) is 5.76 Å². The third kappa shape index (κ3) is 1.81. The van der Waals surface area contributed by atoms with Crippen LogP contribution in [-0.2, 0) is 6.54 Å². The third-order valence-electron chi connectivity index (χ3n) is 2.96. The molecule has 0 amide bonds. The van der Waals surface area contributed by atoms with E-state index in [2.05, 4.69) is 16.8 Å². The number of oxazole rings is 1. The fraction of sp³-hybridized carbons (Fsp3) is 0.700. The Morgan fingerprint density at radius 1 is 1.64 bits per heavy atom. The van der Waals surface area contributed by atoms with E-state index in [0.29, 0.717) is 12.0 Å². The number of likely N-dealkylation sites (tertiary alicyclic amines) is 1. The Kier molecular flexibility index (Phi) is 2.56. The van der Waals surface area contributed by atoms with E-state index in [1.807, 2.05) is 6.92 Å². The van der Waals surface area contributed by atoms with E-state index in [4.69, 9.17) is 10.2 Å². The molecule has 14 heavy (non-hydrogen) atoms. The molecule has 0 bridgehead atoms. The molecule has 4 heteroatoms. The van der Waals surface area contributed by atoms with Crippen molar-refractivity contribution in [3.8, 4) is 0 Å². The van der Waals surface area contributed by atoms with Gasteiger partial charge in [0.2, 0.25) is 0 Å². The van der Waals surface area contributed by atoms with Crippen LogP contribution in [0.3, 0.4) is 0 Å². The van der Waals surface area contributed by atoms with Crippen molar-refractivity contribution in [1.82, 2.24) is 9.88 Å². The van der Waals surface area contributed by atoms with E-state index in [0.717, 1.165) is 31.1 Å². The largest absolute Gasteiger partial charge is 0.448 e. The second-order valence-corrected chi connectivity index (χ2v) is 4.19. The van der Waals surface area contributed by atoms with Gasteiger partial charge in [0.25, 0.3) is 0 Å². The van der Waals surface area contributed by atoms with Gasteiger partial charge in [-0.3, -0.25) is 4.90 Å². The van der Waals surface area contributed by atoms with E-state index in [9.17, 15) is 0 Å². The number of hydrogen-bond donors (Lipinski definition) is 1. The van der Waals surface area contributed by atoms with Gasteiger partial charge in [0.15, 0.2) is 6.39 Å². The molecule has 2 unspecified atom stereocenters. The molecule has 1 aromatic rings. The molecule has 0 aromatic carbocycles. The second-order valence-electron chi connectivity index (χ2n) is 4.19. The topological polar surface area (TPSA) is 55.3 Å². The number of aryl methyl sites for hydroxylation is 1. The molecular weight excluding hydrogens is 178 g/mol. The number of rotatable bonds is 2. The molecule has 1 aromatic heterocycles. The van der Waals surface area contributed by atoms with Crippen LogP contribution in [0.1, 0.15) is 18.4 Å². The molecule has 2 rings (SSSR count). The molecule has 2 heterocycles. The van der Waals surface area contributed by atoms with Gasteiger partial charge >= 0.3 is 0 Å². The first-order valence-electron chi connectivity index (χ1n) is 5.03. The van der Waals surface area contributed by atoms with Crippen molar-refractivity contribution in [3.05, 3.63) is 17.8 Å². The minimum atomic E-state index is 0.308. The van der Waals surface area contributed by atoms with E-state index < -0.39 is 0 Å². The number of hydrogen-bond acceptors (Lipinski definition) is 4. The molecule has 0 saturated carbocycles. The Bertz CT molecular complexity index is 300. The van der Waals surface area contributed by atoms with E-state index >= 15 is 0 Å². The highest BCUT2D eigenvalue weighted by molar-refractivity contribution is 5.05. The predicted octanol–water partition coefficient (Wildman–Crippen LogP) is 0.762. The lowest BCUT2D eigenvalue weighted by Crippen LogP contribution is -2.28. The van der Waals surface area contributed by atoms with Gasteiger partial charge in [0.05, 0.1) is 5.69 Å². The molecule has 4 nitrogen and oxygen atoms in total. The van der Waals surface area contributed by atoms with Crippen molar-refractivity contribution in [1.29, 1.82) is 0 Å². The smallest absolute Gasteiger partial charge is 0.181 e. The summed E-state index contributed by atoms with van der Waals surface area (Å²) in [6.07, 6.45) is 1.50. The molecule has 0 aliphatic carbocycles. The average Bonchev–Trinajstić information content (AvgIpc) is 2.63. The first kappa shape index (κ1) is 9.68. The van der Waals surface area contributed by atoms with E-state index in [-0.39, 0.29) is 0 Å². The van der Waals surface area contributed by atoms with Crippen LogP contribution in [0.5, 0.6) is 0 Å². The first-order valence-corrected chi connectivity index (χ1v) is 5.03. The van der Waals surface area contributed by atoms with Crippen LogP contribution < -0.4 is 5.73 Å². The standard InChI is InChI=1S/C10H17N3O/c1-7-3-13(4-9(7)11)5-10-8(2)14-6-12-10/h6-7,9H,3-5,11H2,1-2H3. The summed E-state index contributed by atoms with van der Waals surface area (Å²) in [5.74, 6) is 1.50. The SMILES string of the molecule is Cc1ocnc1CN1CC(C)C(N)C1. The summed E-state index contributed by atoms with van der Waals surface area (Å²) in [5, 5.41) is 0. The lowest BCUT2D eigenvalue weighted by atomic mass is 10.1. The number of nitrogens with two attached hydrogens (primary N) is 1. The summed E-state index contributed by atoms with van der Waals surface area (Å²) in [7, 11) is 0. The zero-order valence-electron chi connectivity index (χ0n) is 8.73. The van der Waals surface area contributed by atoms with Crippen molar-refractivity contribution >= 4 is 0 Å². The van der Waals surface area contributed by atoms with Crippen molar-refractivity contribution in [2.75, 3.05) is 13.1 Å². The fourth-order valence-electron chi connectivity index (χ4n) is 1.92. The zero-order valence-corrected chi connectivity index (χ0v) is 8.73. The van der Waals surface area contributed by atoms with Gasteiger partial charge < -0.3 is 10.2 Å². The van der Waals surface area contributed by atoms with Crippen molar-refractivity contribution < 1.29 is 4.42 Å². The monoisotopic (exact) mass is 195 g/mol. The molecule has 2 atom stereocenters. The summed E-state index contributed by atoms with van der Waals surface area (Å²) in [6.45, 7) is 7.03. The minimum absolute atomic E-state index is 0.308. The molecule has 1 fully saturated rings. The van der Waals surface area contributed by atoms with Crippen LogP contribution in [0.25, 0.3) is 0 Å². The Labute approximate surface area is 84.1 Å². The van der Waals surface area contributed by atoms with Gasteiger partial charge in [-0.2, -0.15) is 0 Å².